The van der Waals surface area contributed by atoms with Crippen LogP contribution in [0.2, 0.25) is 0 Å². The fraction of sp³-hybridized carbons (Fsp3) is 0.182. The van der Waals surface area contributed by atoms with Crippen molar-refractivity contribution in [3.05, 3.63) is 96.0 Å². The van der Waals surface area contributed by atoms with Crippen molar-refractivity contribution in [2.45, 2.75) is 26.2 Å². The molecule has 0 atom stereocenters. The van der Waals surface area contributed by atoms with Gasteiger partial charge in [-0.3, -0.25) is 4.98 Å². The molecule has 0 amide bonds. The van der Waals surface area contributed by atoms with E-state index in [1.165, 1.54) is 20.5 Å². The smallest absolute Gasteiger partial charge is 0.182 e. The lowest BCUT2D eigenvalue weighted by molar-refractivity contribution is 0.497. The van der Waals surface area contributed by atoms with Gasteiger partial charge in [0.15, 0.2) is 5.06 Å². The number of benzene rings is 3. The zero-order valence-corrected chi connectivity index (χ0v) is 23.6. The van der Waals surface area contributed by atoms with Gasteiger partial charge in [-0.25, -0.2) is 0 Å². The van der Waals surface area contributed by atoms with Crippen molar-refractivity contribution < 1.29 is 8.85 Å². The molecule has 3 aromatic heterocycles. The Morgan fingerprint density at radius 2 is 1.77 bits per heavy atom. The van der Waals surface area contributed by atoms with Crippen LogP contribution < -0.4 is 14.5 Å². The van der Waals surface area contributed by atoms with Gasteiger partial charge in [-0.15, -0.1) is 11.3 Å². The monoisotopic (exact) mass is 550 g/mol. The number of hydrogen-bond donors (Lipinski definition) is 0. The maximum Gasteiger partial charge on any atom is 0.182 e. The van der Waals surface area contributed by atoms with Gasteiger partial charge in [-0.1, -0.05) is 50.3 Å². The third-order valence-corrected chi connectivity index (χ3v) is 9.03. The van der Waals surface area contributed by atoms with E-state index in [4.69, 9.17) is 13.8 Å². The maximum atomic E-state index is 8.03. The summed E-state index contributed by atoms with van der Waals surface area (Å²) in [6.45, 7) is 4.67. The summed E-state index contributed by atoms with van der Waals surface area (Å²) in [4.78, 5) is 8.28. The van der Waals surface area contributed by atoms with Crippen LogP contribution in [-0.4, -0.2) is 18.6 Å². The molecule has 194 valence electrons. The molecule has 0 radical (unpaired) electrons. The predicted octanol–water partition coefficient (Wildman–Crippen LogP) is 9.81. The van der Waals surface area contributed by atoms with E-state index in [9.17, 15) is 0 Å². The highest BCUT2D eigenvalue weighted by molar-refractivity contribution is 7.22. The van der Waals surface area contributed by atoms with Crippen molar-refractivity contribution in [1.29, 1.82) is 0 Å². The van der Waals surface area contributed by atoms with Gasteiger partial charge < -0.3 is 14.5 Å². The Morgan fingerprint density at radius 3 is 2.62 bits per heavy atom. The molecule has 3 aromatic carbocycles. The third-order valence-electron chi connectivity index (χ3n) is 7.21. The number of aromatic nitrogens is 1. The molecule has 1 aliphatic heterocycles. The Bertz CT molecular complexity index is 1950. The first-order valence-corrected chi connectivity index (χ1v) is 14.6. The molecule has 0 fully saturated rings. The molecule has 1 aliphatic rings. The normalized spacial score (nSPS) is 14.9. The number of para-hydroxylation sites is 2. The maximum absolute atomic E-state index is 8.03. The number of rotatable bonds is 4. The summed E-state index contributed by atoms with van der Waals surface area (Å²) in [6.07, 6.45) is 1.91. The average molecular weight is 551 g/mol. The molecule has 0 saturated heterocycles. The molecular formula is C33H29N3OS2. The highest BCUT2D eigenvalue weighted by Crippen LogP contribution is 2.46. The van der Waals surface area contributed by atoms with E-state index in [0.717, 1.165) is 37.8 Å². The first kappa shape index (κ1) is 21.0. The number of hydrogen-bond acceptors (Lipinski definition) is 6. The first-order chi connectivity index (χ1) is 20.1. The van der Waals surface area contributed by atoms with Crippen LogP contribution in [-0.2, 0) is 5.41 Å². The van der Waals surface area contributed by atoms with E-state index in [-0.39, 0.29) is 12.1 Å². The Labute approximate surface area is 240 Å². The van der Waals surface area contributed by atoms with Crippen LogP contribution in [0.25, 0.3) is 31.4 Å². The number of ether oxygens (including phenoxy) is 1. The van der Waals surface area contributed by atoms with E-state index in [1.807, 2.05) is 59.6 Å². The standard InChI is InChI=1S/C33H29N3OS2/c1-33(2,3)21-12-14-34-26(16-21)32-24-13-15-38-29(24)19-30-25(32)18-31(39-30)37-23-9-7-8-22(17-23)36-20-35(4)27-10-5-6-11-28(27)36/h5-19H,20H2,1-4H3/i4D3. The van der Waals surface area contributed by atoms with Gasteiger partial charge in [0.05, 0.1) is 23.7 Å². The van der Waals surface area contributed by atoms with E-state index < -0.39 is 6.98 Å². The topological polar surface area (TPSA) is 28.6 Å². The molecule has 4 heterocycles. The summed E-state index contributed by atoms with van der Waals surface area (Å²) in [5, 5.41) is 5.25. The third kappa shape index (κ3) is 4.24. The molecule has 0 saturated carbocycles. The van der Waals surface area contributed by atoms with Crippen LogP contribution in [0.3, 0.4) is 0 Å². The van der Waals surface area contributed by atoms with Gasteiger partial charge in [0.1, 0.15) is 5.75 Å². The lowest BCUT2D eigenvalue weighted by atomic mass is 9.86. The van der Waals surface area contributed by atoms with Gasteiger partial charge in [0.2, 0.25) is 0 Å². The van der Waals surface area contributed by atoms with Crippen LogP contribution in [0.1, 0.15) is 30.4 Å². The van der Waals surface area contributed by atoms with Crippen LogP contribution in [0.4, 0.5) is 17.1 Å². The SMILES string of the molecule is [2H]C([2H])([2H])N1CN(c2cccc(Oc3cc4c(-c5cc(C(C)(C)C)ccn5)c5ccsc5cc4s3)c2)c2ccccc21. The minimum atomic E-state index is -2.23. The van der Waals surface area contributed by atoms with Crippen molar-refractivity contribution in [3.63, 3.8) is 0 Å². The Hall–Kier alpha value is -3.87. The van der Waals surface area contributed by atoms with E-state index in [1.54, 1.807) is 22.7 Å². The second-order valence-electron chi connectivity index (χ2n) is 10.8. The summed E-state index contributed by atoms with van der Waals surface area (Å²) >= 11 is 3.35. The van der Waals surface area contributed by atoms with Crippen LogP contribution in [0.5, 0.6) is 10.8 Å². The number of pyridine rings is 1. The van der Waals surface area contributed by atoms with Gasteiger partial charge in [-0.2, -0.15) is 0 Å². The number of nitrogens with zero attached hydrogens (tertiary/aromatic N) is 3. The molecule has 0 aliphatic carbocycles. The van der Waals surface area contributed by atoms with Crippen molar-refractivity contribution >= 4 is 59.9 Å². The molecule has 6 heteroatoms. The van der Waals surface area contributed by atoms with Crippen LogP contribution >= 0.6 is 22.7 Å². The fourth-order valence-corrected chi connectivity index (χ4v) is 7.10. The van der Waals surface area contributed by atoms with E-state index >= 15 is 0 Å². The molecule has 0 spiro atoms. The fourth-order valence-electron chi connectivity index (χ4n) is 5.21. The summed E-state index contributed by atoms with van der Waals surface area (Å²) < 4.78 is 32.9. The zero-order chi connectivity index (χ0) is 29.2. The molecule has 39 heavy (non-hydrogen) atoms. The molecule has 0 N–H and O–H groups in total. The molecule has 4 nitrogen and oxygen atoms in total. The van der Waals surface area contributed by atoms with Crippen LogP contribution in [0, 0.1) is 0 Å². The van der Waals surface area contributed by atoms with Crippen molar-refractivity contribution in [2.24, 2.45) is 0 Å². The largest absolute Gasteiger partial charge is 0.447 e. The van der Waals surface area contributed by atoms with Crippen molar-refractivity contribution in [2.75, 3.05) is 23.4 Å². The highest BCUT2D eigenvalue weighted by Gasteiger charge is 2.24. The Kier molecular flexibility index (Phi) is 4.91. The van der Waals surface area contributed by atoms with E-state index in [0.29, 0.717) is 11.4 Å². The molecule has 0 bridgehead atoms. The Morgan fingerprint density at radius 1 is 0.897 bits per heavy atom. The summed E-state index contributed by atoms with van der Waals surface area (Å²) in [5.41, 5.74) is 5.80. The highest BCUT2D eigenvalue weighted by atomic mass is 32.1. The second-order valence-corrected chi connectivity index (χ2v) is 12.8. The lowest BCUT2D eigenvalue weighted by Crippen LogP contribution is -2.23. The molecule has 7 rings (SSSR count). The van der Waals surface area contributed by atoms with Crippen molar-refractivity contribution in [3.8, 4) is 22.1 Å². The van der Waals surface area contributed by atoms with Crippen molar-refractivity contribution in [1.82, 2.24) is 4.98 Å². The van der Waals surface area contributed by atoms with Gasteiger partial charge in [0.25, 0.3) is 0 Å². The van der Waals surface area contributed by atoms with E-state index in [2.05, 4.69) is 56.5 Å². The Balaban J connectivity index is 1.26. The number of anilines is 3. The quantitative estimate of drug-likeness (QED) is 0.218. The molecule has 6 aromatic rings. The minimum Gasteiger partial charge on any atom is -0.447 e. The zero-order valence-electron chi connectivity index (χ0n) is 24.9. The molecule has 0 unspecified atom stereocenters. The summed E-state index contributed by atoms with van der Waals surface area (Å²) in [6, 6.07) is 26.3. The molecular weight excluding hydrogens is 519 g/mol. The number of thiophene rings is 2. The minimum absolute atomic E-state index is 0.0175. The van der Waals surface area contributed by atoms with Gasteiger partial charge >= 0.3 is 0 Å². The van der Waals surface area contributed by atoms with Gasteiger partial charge in [0, 0.05) is 60.8 Å². The second kappa shape index (κ2) is 9.11. The summed E-state index contributed by atoms with van der Waals surface area (Å²) in [5.74, 6) is 0.695. The predicted molar refractivity (Wildman–Crippen MR) is 168 cm³/mol. The lowest BCUT2D eigenvalue weighted by Gasteiger charge is -2.20. The first-order valence-electron chi connectivity index (χ1n) is 14.4. The van der Waals surface area contributed by atoms with Crippen LogP contribution in [0.15, 0.2) is 90.4 Å². The average Bonchev–Trinajstić information content (AvgIpc) is 3.67. The summed E-state index contributed by atoms with van der Waals surface area (Å²) in [7, 11) is 0. The number of fused-ring (bicyclic) bond motifs is 3. The van der Waals surface area contributed by atoms with Gasteiger partial charge in [-0.05, 0) is 64.9 Å².